The van der Waals surface area contributed by atoms with E-state index in [1.54, 1.807) is 0 Å². The first kappa shape index (κ1) is 16.6. The lowest BCUT2D eigenvalue weighted by molar-refractivity contribution is 0.465. The first-order chi connectivity index (χ1) is 9.22. The van der Waals surface area contributed by atoms with E-state index in [0.29, 0.717) is 6.04 Å². The van der Waals surface area contributed by atoms with Crippen LogP contribution in [-0.2, 0) is 5.75 Å². The molecule has 0 heterocycles. The van der Waals surface area contributed by atoms with E-state index >= 15 is 0 Å². The van der Waals surface area contributed by atoms with Gasteiger partial charge in [0, 0.05) is 17.0 Å². The quantitative estimate of drug-likeness (QED) is 0.698. The number of rotatable bonds is 9. The monoisotopic (exact) mass is 279 g/mol. The summed E-state index contributed by atoms with van der Waals surface area (Å²) in [4.78, 5) is 0. The highest BCUT2D eigenvalue weighted by Crippen LogP contribution is 2.26. The summed E-state index contributed by atoms with van der Waals surface area (Å²) in [5.41, 5.74) is 2.90. The number of nitrogens with one attached hydrogen (secondary N) is 1. The molecule has 0 aliphatic carbocycles. The van der Waals surface area contributed by atoms with Crippen LogP contribution < -0.4 is 5.32 Å². The number of hydrogen-bond acceptors (Lipinski definition) is 2. The summed E-state index contributed by atoms with van der Waals surface area (Å²) in [6.45, 7) is 10.1. The Morgan fingerprint density at radius 3 is 2.47 bits per heavy atom. The highest BCUT2D eigenvalue weighted by atomic mass is 32.2. The van der Waals surface area contributed by atoms with Gasteiger partial charge in [0.15, 0.2) is 0 Å². The highest BCUT2D eigenvalue weighted by Gasteiger charge is 2.18. The van der Waals surface area contributed by atoms with Gasteiger partial charge < -0.3 is 5.32 Å². The van der Waals surface area contributed by atoms with Crippen molar-refractivity contribution in [3.05, 3.63) is 35.4 Å². The number of thioether (sulfide) groups is 1. The predicted octanol–water partition coefficient (Wildman–Crippen LogP) is 4.79. The van der Waals surface area contributed by atoms with E-state index in [1.807, 2.05) is 0 Å². The second kappa shape index (κ2) is 9.44. The molecule has 0 fully saturated rings. The number of aryl methyl sites for hydroxylation is 1. The van der Waals surface area contributed by atoms with E-state index in [-0.39, 0.29) is 0 Å². The van der Waals surface area contributed by atoms with Crippen LogP contribution in [0.15, 0.2) is 24.3 Å². The molecule has 2 atom stereocenters. The van der Waals surface area contributed by atoms with E-state index in [9.17, 15) is 0 Å². The Morgan fingerprint density at radius 2 is 1.89 bits per heavy atom. The van der Waals surface area contributed by atoms with Crippen molar-refractivity contribution in [1.29, 1.82) is 0 Å². The van der Waals surface area contributed by atoms with Gasteiger partial charge in [0.1, 0.15) is 0 Å². The first-order valence-electron chi connectivity index (χ1n) is 7.62. The summed E-state index contributed by atoms with van der Waals surface area (Å²) in [5, 5.41) is 4.39. The second-order valence-corrected chi connectivity index (χ2v) is 6.36. The average molecular weight is 279 g/mol. The van der Waals surface area contributed by atoms with Crippen molar-refractivity contribution in [2.45, 2.75) is 64.0 Å². The largest absolute Gasteiger partial charge is 0.313 e. The third-order valence-corrected chi connectivity index (χ3v) is 5.20. The van der Waals surface area contributed by atoms with Crippen molar-refractivity contribution in [3.63, 3.8) is 0 Å². The number of hydrogen-bond donors (Lipinski definition) is 1. The van der Waals surface area contributed by atoms with Crippen molar-refractivity contribution in [2.24, 2.45) is 0 Å². The molecule has 0 amide bonds. The molecule has 108 valence electrons. The van der Waals surface area contributed by atoms with E-state index in [4.69, 9.17) is 0 Å². The fourth-order valence-electron chi connectivity index (χ4n) is 2.48. The summed E-state index contributed by atoms with van der Waals surface area (Å²) in [6.07, 6.45) is 3.79. The standard InChI is InChI=1S/C17H29NS/c1-5-10-16(18-7-3)17(6-2)19-13-15-12-9-8-11-14(15)4/h8-9,11-12,16-18H,5-7,10,13H2,1-4H3. The molecule has 2 heteroatoms. The lowest BCUT2D eigenvalue weighted by Crippen LogP contribution is -2.37. The van der Waals surface area contributed by atoms with Gasteiger partial charge in [-0.25, -0.2) is 0 Å². The van der Waals surface area contributed by atoms with Crippen molar-refractivity contribution < 1.29 is 0 Å². The lowest BCUT2D eigenvalue weighted by Gasteiger charge is -2.26. The molecular formula is C17H29NS. The van der Waals surface area contributed by atoms with Gasteiger partial charge in [-0.2, -0.15) is 11.8 Å². The molecule has 1 aromatic carbocycles. The molecule has 0 aliphatic heterocycles. The lowest BCUT2D eigenvalue weighted by atomic mass is 10.1. The third kappa shape index (κ3) is 5.58. The van der Waals surface area contributed by atoms with Crippen LogP contribution in [0.2, 0.25) is 0 Å². The minimum Gasteiger partial charge on any atom is -0.313 e. The summed E-state index contributed by atoms with van der Waals surface area (Å²) >= 11 is 2.11. The van der Waals surface area contributed by atoms with E-state index in [1.165, 1.54) is 30.4 Å². The second-order valence-electron chi connectivity index (χ2n) is 5.14. The maximum atomic E-state index is 3.66. The van der Waals surface area contributed by atoms with Crippen molar-refractivity contribution in [3.8, 4) is 0 Å². The van der Waals surface area contributed by atoms with E-state index in [0.717, 1.165) is 17.5 Å². The molecular weight excluding hydrogens is 250 g/mol. The molecule has 0 saturated heterocycles. The molecule has 0 bridgehead atoms. The Balaban J connectivity index is 2.58. The van der Waals surface area contributed by atoms with E-state index < -0.39 is 0 Å². The maximum Gasteiger partial charge on any atom is 0.0201 e. The van der Waals surface area contributed by atoms with Gasteiger partial charge in [0.05, 0.1) is 0 Å². The van der Waals surface area contributed by atoms with Gasteiger partial charge >= 0.3 is 0 Å². The van der Waals surface area contributed by atoms with Crippen LogP contribution in [0.3, 0.4) is 0 Å². The Kier molecular flexibility index (Phi) is 8.24. The van der Waals surface area contributed by atoms with Gasteiger partial charge in [0.2, 0.25) is 0 Å². The molecule has 1 N–H and O–H groups in total. The topological polar surface area (TPSA) is 12.0 Å². The van der Waals surface area contributed by atoms with Crippen LogP contribution in [0, 0.1) is 6.92 Å². The minimum atomic E-state index is 0.661. The van der Waals surface area contributed by atoms with Crippen molar-refractivity contribution >= 4 is 11.8 Å². The van der Waals surface area contributed by atoms with Crippen molar-refractivity contribution in [1.82, 2.24) is 5.32 Å². The Labute approximate surface area is 123 Å². The van der Waals surface area contributed by atoms with Crippen LogP contribution in [0.4, 0.5) is 0 Å². The molecule has 0 radical (unpaired) electrons. The zero-order chi connectivity index (χ0) is 14.1. The summed E-state index contributed by atoms with van der Waals surface area (Å²) < 4.78 is 0. The molecule has 1 aromatic rings. The van der Waals surface area contributed by atoms with Crippen molar-refractivity contribution in [2.75, 3.05) is 6.54 Å². The SMILES string of the molecule is CCCC(NCC)C(CC)SCc1ccccc1C. The van der Waals surface area contributed by atoms with Crippen LogP contribution in [-0.4, -0.2) is 17.8 Å². The summed E-state index contributed by atoms with van der Waals surface area (Å²) in [6, 6.07) is 9.41. The zero-order valence-electron chi connectivity index (χ0n) is 12.9. The fourth-order valence-corrected chi connectivity index (χ4v) is 3.90. The molecule has 19 heavy (non-hydrogen) atoms. The fraction of sp³-hybridized carbons (Fsp3) is 0.647. The van der Waals surface area contributed by atoms with Gasteiger partial charge in [0.25, 0.3) is 0 Å². The maximum absolute atomic E-state index is 3.66. The van der Waals surface area contributed by atoms with Crippen LogP contribution >= 0.6 is 11.8 Å². The molecule has 1 nitrogen and oxygen atoms in total. The minimum absolute atomic E-state index is 0.661. The highest BCUT2D eigenvalue weighted by molar-refractivity contribution is 7.99. The molecule has 0 aromatic heterocycles. The summed E-state index contributed by atoms with van der Waals surface area (Å²) in [5.74, 6) is 1.14. The van der Waals surface area contributed by atoms with Crippen LogP contribution in [0.1, 0.15) is 51.2 Å². The first-order valence-corrected chi connectivity index (χ1v) is 8.67. The van der Waals surface area contributed by atoms with Gasteiger partial charge in [-0.3, -0.25) is 0 Å². The molecule has 1 rings (SSSR count). The molecule has 2 unspecified atom stereocenters. The van der Waals surface area contributed by atoms with Gasteiger partial charge in [-0.1, -0.05) is 51.5 Å². The van der Waals surface area contributed by atoms with Crippen LogP contribution in [0.5, 0.6) is 0 Å². The Morgan fingerprint density at radius 1 is 1.16 bits per heavy atom. The Bertz CT molecular complexity index is 345. The normalized spacial score (nSPS) is 14.3. The Hall–Kier alpha value is -0.470. The summed E-state index contributed by atoms with van der Waals surface area (Å²) in [7, 11) is 0. The van der Waals surface area contributed by atoms with E-state index in [2.05, 4.69) is 69.0 Å². The number of benzene rings is 1. The van der Waals surface area contributed by atoms with Crippen LogP contribution in [0.25, 0.3) is 0 Å². The third-order valence-electron chi connectivity index (χ3n) is 3.63. The predicted molar refractivity (Wildman–Crippen MR) is 88.9 cm³/mol. The van der Waals surface area contributed by atoms with Gasteiger partial charge in [-0.15, -0.1) is 0 Å². The average Bonchev–Trinajstić information content (AvgIpc) is 2.42. The van der Waals surface area contributed by atoms with Gasteiger partial charge in [-0.05, 0) is 37.4 Å². The molecule has 0 aliphatic rings. The molecule has 0 saturated carbocycles. The molecule has 0 spiro atoms. The smallest absolute Gasteiger partial charge is 0.0201 e. The zero-order valence-corrected chi connectivity index (χ0v) is 13.7.